The van der Waals surface area contributed by atoms with Gasteiger partial charge in [-0.1, -0.05) is 6.92 Å². The zero-order valence-corrected chi connectivity index (χ0v) is 10.8. The van der Waals surface area contributed by atoms with Gasteiger partial charge in [0.15, 0.2) is 0 Å². The Hall–Kier alpha value is -0.600. The van der Waals surface area contributed by atoms with Crippen LogP contribution in [0.15, 0.2) is 0 Å². The Morgan fingerprint density at radius 2 is 1.94 bits per heavy atom. The van der Waals surface area contributed by atoms with Crippen LogP contribution in [0.1, 0.15) is 33.1 Å². The van der Waals surface area contributed by atoms with Gasteiger partial charge in [0, 0.05) is 19.0 Å². The molecule has 0 aliphatic carbocycles. The van der Waals surface area contributed by atoms with Crippen LogP contribution in [-0.2, 0) is 10.0 Å². The van der Waals surface area contributed by atoms with Gasteiger partial charge in [-0.15, -0.1) is 0 Å². The molecule has 0 saturated carbocycles. The highest BCUT2D eigenvalue weighted by molar-refractivity contribution is 7.89. The van der Waals surface area contributed by atoms with Crippen molar-refractivity contribution < 1.29 is 8.42 Å². The largest absolute Gasteiger partial charge is 0.213 e. The summed E-state index contributed by atoms with van der Waals surface area (Å²) in [5.74, 6) is 0.636. The first kappa shape index (κ1) is 13.5. The second-order valence-electron chi connectivity index (χ2n) is 4.28. The molecule has 1 rings (SSSR count). The quantitative estimate of drug-likeness (QED) is 0.754. The van der Waals surface area contributed by atoms with Gasteiger partial charge in [0.1, 0.15) is 0 Å². The molecule has 1 saturated heterocycles. The van der Waals surface area contributed by atoms with E-state index < -0.39 is 10.0 Å². The molecule has 5 heteroatoms. The monoisotopic (exact) mass is 244 g/mol. The van der Waals surface area contributed by atoms with Gasteiger partial charge < -0.3 is 0 Å². The van der Waals surface area contributed by atoms with Crippen molar-refractivity contribution in [1.29, 1.82) is 5.26 Å². The van der Waals surface area contributed by atoms with E-state index in [0.717, 1.165) is 19.3 Å². The fraction of sp³-hybridized carbons (Fsp3) is 0.909. The molecule has 0 spiro atoms. The van der Waals surface area contributed by atoms with E-state index in [1.165, 1.54) is 0 Å². The van der Waals surface area contributed by atoms with E-state index in [2.05, 4.69) is 6.07 Å². The minimum absolute atomic E-state index is 0.0893. The van der Waals surface area contributed by atoms with Gasteiger partial charge in [0.2, 0.25) is 10.0 Å². The van der Waals surface area contributed by atoms with Gasteiger partial charge in [-0.25, -0.2) is 12.7 Å². The summed E-state index contributed by atoms with van der Waals surface area (Å²) in [6.07, 6.45) is 2.51. The van der Waals surface area contributed by atoms with Gasteiger partial charge in [0.05, 0.1) is 11.8 Å². The highest BCUT2D eigenvalue weighted by Crippen LogP contribution is 2.27. The number of sulfonamides is 1. The summed E-state index contributed by atoms with van der Waals surface area (Å²) >= 11 is 0. The average Bonchev–Trinajstić information content (AvgIpc) is 2.31. The first-order valence-electron chi connectivity index (χ1n) is 5.92. The molecule has 0 bridgehead atoms. The zero-order chi connectivity index (χ0) is 12.2. The highest BCUT2D eigenvalue weighted by atomic mass is 32.2. The lowest BCUT2D eigenvalue weighted by molar-refractivity contribution is 0.232. The molecule has 1 fully saturated rings. The minimum Gasteiger partial charge on any atom is -0.212 e. The SMILES string of the molecule is CCC(C#N)C1CCN(S(=O)(=O)CC)CC1. The Balaban J connectivity index is 2.55. The highest BCUT2D eigenvalue weighted by Gasteiger charge is 2.30. The molecular weight excluding hydrogens is 224 g/mol. The number of hydrogen-bond donors (Lipinski definition) is 0. The maximum Gasteiger partial charge on any atom is 0.213 e. The number of rotatable bonds is 4. The Morgan fingerprint density at radius 1 is 1.38 bits per heavy atom. The molecule has 4 nitrogen and oxygen atoms in total. The topological polar surface area (TPSA) is 61.2 Å². The third kappa shape index (κ3) is 2.96. The first-order valence-corrected chi connectivity index (χ1v) is 7.53. The number of nitrogens with zero attached hydrogens (tertiary/aromatic N) is 2. The van der Waals surface area contributed by atoms with Crippen molar-refractivity contribution in [3.05, 3.63) is 0 Å². The lowest BCUT2D eigenvalue weighted by Gasteiger charge is -2.32. The van der Waals surface area contributed by atoms with Crippen LogP contribution in [0.2, 0.25) is 0 Å². The maximum atomic E-state index is 11.6. The summed E-state index contributed by atoms with van der Waals surface area (Å²) in [6, 6.07) is 2.32. The van der Waals surface area contributed by atoms with Crippen LogP contribution in [0.25, 0.3) is 0 Å². The summed E-state index contributed by atoms with van der Waals surface area (Å²) in [6.45, 7) is 4.85. The van der Waals surface area contributed by atoms with Crippen LogP contribution < -0.4 is 0 Å². The van der Waals surface area contributed by atoms with Gasteiger partial charge >= 0.3 is 0 Å². The van der Waals surface area contributed by atoms with Crippen LogP contribution >= 0.6 is 0 Å². The van der Waals surface area contributed by atoms with Crippen LogP contribution in [0, 0.1) is 23.2 Å². The molecule has 92 valence electrons. The van der Waals surface area contributed by atoms with E-state index in [9.17, 15) is 8.42 Å². The van der Waals surface area contributed by atoms with Crippen LogP contribution in [0.5, 0.6) is 0 Å². The van der Waals surface area contributed by atoms with Gasteiger partial charge in [-0.2, -0.15) is 5.26 Å². The molecule has 1 aliphatic heterocycles. The number of hydrogen-bond acceptors (Lipinski definition) is 3. The zero-order valence-electron chi connectivity index (χ0n) is 10.0. The van der Waals surface area contributed by atoms with Crippen molar-refractivity contribution >= 4 is 10.0 Å². The van der Waals surface area contributed by atoms with E-state index >= 15 is 0 Å². The normalized spacial score (nSPS) is 21.6. The standard InChI is InChI=1S/C11H20N2O2S/c1-3-10(9-12)11-5-7-13(8-6-11)16(14,15)4-2/h10-11H,3-8H2,1-2H3. The van der Waals surface area contributed by atoms with Crippen molar-refractivity contribution in [3.8, 4) is 6.07 Å². The second kappa shape index (κ2) is 5.65. The van der Waals surface area contributed by atoms with Crippen molar-refractivity contribution in [1.82, 2.24) is 4.31 Å². The number of piperidine rings is 1. The van der Waals surface area contributed by atoms with Crippen molar-refractivity contribution in [2.75, 3.05) is 18.8 Å². The van der Waals surface area contributed by atoms with E-state index in [-0.39, 0.29) is 11.7 Å². The summed E-state index contributed by atoms with van der Waals surface area (Å²) < 4.78 is 24.8. The Kier molecular flexibility index (Phi) is 4.75. The van der Waals surface area contributed by atoms with E-state index in [1.807, 2.05) is 6.92 Å². The summed E-state index contributed by atoms with van der Waals surface area (Å²) in [5, 5.41) is 8.97. The van der Waals surface area contributed by atoms with E-state index in [4.69, 9.17) is 5.26 Å². The molecule has 1 atom stereocenters. The third-order valence-corrected chi connectivity index (χ3v) is 5.31. The van der Waals surface area contributed by atoms with E-state index in [0.29, 0.717) is 19.0 Å². The molecule has 0 N–H and O–H groups in total. The molecule has 0 amide bonds. The third-order valence-electron chi connectivity index (χ3n) is 3.43. The van der Waals surface area contributed by atoms with Gasteiger partial charge in [-0.3, -0.25) is 0 Å². The molecule has 1 unspecified atom stereocenters. The van der Waals surface area contributed by atoms with E-state index in [1.54, 1.807) is 11.2 Å². The molecular formula is C11H20N2O2S. The lowest BCUT2D eigenvalue weighted by Crippen LogP contribution is -2.40. The second-order valence-corrected chi connectivity index (χ2v) is 6.54. The molecule has 0 aromatic carbocycles. The smallest absolute Gasteiger partial charge is 0.212 e. The van der Waals surface area contributed by atoms with Crippen molar-refractivity contribution in [3.63, 3.8) is 0 Å². The minimum atomic E-state index is -3.03. The first-order chi connectivity index (χ1) is 7.55. The maximum absolute atomic E-state index is 11.6. The molecule has 1 aliphatic rings. The fourth-order valence-corrected chi connectivity index (χ4v) is 3.40. The molecule has 16 heavy (non-hydrogen) atoms. The van der Waals surface area contributed by atoms with Crippen molar-refractivity contribution in [2.45, 2.75) is 33.1 Å². The summed E-state index contributed by atoms with van der Waals surface area (Å²) in [5.41, 5.74) is 0. The van der Waals surface area contributed by atoms with Crippen LogP contribution in [0.4, 0.5) is 0 Å². The van der Waals surface area contributed by atoms with Gasteiger partial charge in [0.25, 0.3) is 0 Å². The van der Waals surface area contributed by atoms with Crippen LogP contribution in [0.3, 0.4) is 0 Å². The summed E-state index contributed by atoms with van der Waals surface area (Å²) in [7, 11) is -3.03. The van der Waals surface area contributed by atoms with Gasteiger partial charge in [-0.05, 0) is 32.1 Å². The predicted molar refractivity (Wildman–Crippen MR) is 63.2 cm³/mol. The lowest BCUT2D eigenvalue weighted by atomic mass is 9.84. The van der Waals surface area contributed by atoms with Crippen molar-refractivity contribution in [2.24, 2.45) is 11.8 Å². The Labute approximate surface area is 98.3 Å². The predicted octanol–water partition coefficient (Wildman–Crippen LogP) is 1.60. The van der Waals surface area contributed by atoms with Crippen LogP contribution in [-0.4, -0.2) is 31.6 Å². The number of nitriles is 1. The Morgan fingerprint density at radius 3 is 2.31 bits per heavy atom. The average molecular weight is 244 g/mol. The molecule has 1 heterocycles. The molecule has 0 aromatic heterocycles. The summed E-state index contributed by atoms with van der Waals surface area (Å²) in [4.78, 5) is 0. The fourth-order valence-electron chi connectivity index (χ4n) is 2.27. The Bertz CT molecular complexity index is 351. The molecule has 0 radical (unpaired) electrons. The molecule has 0 aromatic rings.